The molecule has 0 aliphatic carbocycles. The zero-order valence-corrected chi connectivity index (χ0v) is 13.2. The molecule has 1 aliphatic heterocycles. The van der Waals surface area contributed by atoms with Crippen molar-refractivity contribution in [3.05, 3.63) is 27.7 Å². The van der Waals surface area contributed by atoms with Gasteiger partial charge in [-0.3, -0.25) is 5.10 Å². The monoisotopic (exact) mass is 355 g/mol. The fraction of sp³-hybridized carbons (Fsp3) is 0.385. The summed E-state index contributed by atoms with van der Waals surface area (Å²) in [4.78, 5) is 6.67. The average Bonchev–Trinajstić information content (AvgIpc) is 2.91. The third-order valence-electron chi connectivity index (χ3n) is 3.40. The van der Waals surface area contributed by atoms with E-state index in [4.69, 9.17) is 17.3 Å². The van der Waals surface area contributed by atoms with E-state index >= 15 is 0 Å². The van der Waals surface area contributed by atoms with E-state index in [0.717, 1.165) is 36.0 Å². The van der Waals surface area contributed by atoms with Crippen LogP contribution in [0, 0.1) is 0 Å². The van der Waals surface area contributed by atoms with Crippen LogP contribution in [0.3, 0.4) is 0 Å². The highest BCUT2D eigenvalue weighted by molar-refractivity contribution is 9.10. The van der Waals surface area contributed by atoms with Gasteiger partial charge in [-0.1, -0.05) is 27.5 Å². The molecule has 20 heavy (non-hydrogen) atoms. The van der Waals surface area contributed by atoms with Gasteiger partial charge in [0.05, 0.1) is 0 Å². The standard InChI is InChI=1S/C13H15BrClN5/c14-11-4-3-8(15)6-10(11)12-17-13(19-18-12)20-5-1-2-9(16)7-20/h3-4,6,9H,1-2,5,7,16H2,(H,17,18,19). The molecule has 1 unspecified atom stereocenters. The molecule has 0 saturated carbocycles. The van der Waals surface area contributed by atoms with E-state index in [1.807, 2.05) is 18.2 Å². The number of benzene rings is 1. The second-order valence-electron chi connectivity index (χ2n) is 4.96. The molecule has 0 bridgehead atoms. The summed E-state index contributed by atoms with van der Waals surface area (Å²) in [6.45, 7) is 1.75. The van der Waals surface area contributed by atoms with Crippen LogP contribution in [0.15, 0.2) is 22.7 Å². The van der Waals surface area contributed by atoms with Crippen molar-refractivity contribution in [1.82, 2.24) is 15.2 Å². The molecule has 5 nitrogen and oxygen atoms in total. The Kier molecular flexibility index (Phi) is 3.96. The Morgan fingerprint density at radius 2 is 2.30 bits per heavy atom. The third-order valence-corrected chi connectivity index (χ3v) is 4.32. The Hall–Kier alpha value is -1.11. The summed E-state index contributed by atoms with van der Waals surface area (Å²) in [6.07, 6.45) is 2.14. The summed E-state index contributed by atoms with van der Waals surface area (Å²) >= 11 is 9.53. The third kappa shape index (κ3) is 2.82. The van der Waals surface area contributed by atoms with Gasteiger partial charge in [0.1, 0.15) is 0 Å². The van der Waals surface area contributed by atoms with Crippen molar-refractivity contribution in [2.24, 2.45) is 5.73 Å². The van der Waals surface area contributed by atoms with Gasteiger partial charge in [-0.15, -0.1) is 5.10 Å². The van der Waals surface area contributed by atoms with E-state index in [1.54, 1.807) is 0 Å². The first kappa shape index (κ1) is 13.9. The number of nitrogens with zero attached hydrogens (tertiary/aromatic N) is 3. The van der Waals surface area contributed by atoms with Gasteiger partial charge in [-0.25, -0.2) is 0 Å². The molecule has 2 heterocycles. The first-order valence-electron chi connectivity index (χ1n) is 6.52. The Bertz CT molecular complexity index is 615. The van der Waals surface area contributed by atoms with Crippen molar-refractivity contribution in [3.8, 4) is 11.4 Å². The zero-order chi connectivity index (χ0) is 14.1. The molecule has 1 saturated heterocycles. The fourth-order valence-electron chi connectivity index (χ4n) is 2.39. The van der Waals surface area contributed by atoms with Crippen LogP contribution in [0.1, 0.15) is 12.8 Å². The van der Waals surface area contributed by atoms with Gasteiger partial charge in [0.15, 0.2) is 5.82 Å². The molecule has 1 fully saturated rings. The largest absolute Gasteiger partial charge is 0.338 e. The van der Waals surface area contributed by atoms with E-state index in [2.05, 4.69) is 36.0 Å². The van der Waals surface area contributed by atoms with Crippen LogP contribution in [0.2, 0.25) is 5.02 Å². The average molecular weight is 357 g/mol. The number of hydrogen-bond acceptors (Lipinski definition) is 4. The molecule has 0 spiro atoms. The van der Waals surface area contributed by atoms with E-state index in [0.29, 0.717) is 16.8 Å². The Labute approximate surface area is 130 Å². The maximum atomic E-state index is 6.03. The van der Waals surface area contributed by atoms with Gasteiger partial charge in [0.25, 0.3) is 0 Å². The fourth-order valence-corrected chi connectivity index (χ4v) is 2.99. The minimum absolute atomic E-state index is 0.198. The number of halogens is 2. The summed E-state index contributed by atoms with van der Waals surface area (Å²) in [5, 5.41) is 7.93. The molecule has 7 heteroatoms. The second-order valence-corrected chi connectivity index (χ2v) is 6.25. The van der Waals surface area contributed by atoms with Crippen molar-refractivity contribution in [3.63, 3.8) is 0 Å². The van der Waals surface area contributed by atoms with Gasteiger partial charge in [0.2, 0.25) is 5.95 Å². The molecular formula is C13H15BrClN5. The van der Waals surface area contributed by atoms with Crippen molar-refractivity contribution < 1.29 is 0 Å². The second kappa shape index (κ2) is 5.71. The summed E-state index contributed by atoms with van der Waals surface area (Å²) < 4.78 is 0.931. The molecule has 1 atom stereocenters. The van der Waals surface area contributed by atoms with Crippen LogP contribution in [-0.4, -0.2) is 34.3 Å². The van der Waals surface area contributed by atoms with Crippen molar-refractivity contribution >= 4 is 33.5 Å². The van der Waals surface area contributed by atoms with Gasteiger partial charge < -0.3 is 10.6 Å². The summed E-state index contributed by atoms with van der Waals surface area (Å²) in [6, 6.07) is 5.79. The molecule has 0 amide bonds. The highest BCUT2D eigenvalue weighted by atomic mass is 79.9. The molecule has 3 N–H and O–H groups in total. The highest BCUT2D eigenvalue weighted by Gasteiger charge is 2.20. The van der Waals surface area contributed by atoms with Crippen molar-refractivity contribution in [1.29, 1.82) is 0 Å². The lowest BCUT2D eigenvalue weighted by Gasteiger charge is -2.29. The predicted octanol–water partition coefficient (Wildman–Crippen LogP) is 2.82. The van der Waals surface area contributed by atoms with Crippen molar-refractivity contribution in [2.75, 3.05) is 18.0 Å². The van der Waals surface area contributed by atoms with Crippen LogP contribution in [-0.2, 0) is 0 Å². The number of aromatic nitrogens is 3. The number of nitrogens with two attached hydrogens (primary N) is 1. The first-order chi connectivity index (χ1) is 9.63. The normalized spacial score (nSPS) is 19.4. The quantitative estimate of drug-likeness (QED) is 0.868. The van der Waals surface area contributed by atoms with Crippen LogP contribution < -0.4 is 10.6 Å². The molecule has 2 aromatic rings. The number of piperidine rings is 1. The Morgan fingerprint density at radius 3 is 3.10 bits per heavy atom. The highest BCUT2D eigenvalue weighted by Crippen LogP contribution is 2.29. The number of rotatable bonds is 2. The van der Waals surface area contributed by atoms with E-state index in [9.17, 15) is 0 Å². The van der Waals surface area contributed by atoms with Gasteiger partial charge in [-0.2, -0.15) is 4.98 Å². The lowest BCUT2D eigenvalue weighted by atomic mass is 10.1. The molecule has 0 radical (unpaired) electrons. The van der Waals surface area contributed by atoms with Crippen molar-refractivity contribution in [2.45, 2.75) is 18.9 Å². The SMILES string of the molecule is NC1CCCN(c2n[nH]c(-c3cc(Cl)ccc3Br)n2)C1. The topological polar surface area (TPSA) is 70.8 Å². The van der Waals surface area contributed by atoms with Gasteiger partial charge in [0, 0.05) is 34.2 Å². The van der Waals surface area contributed by atoms with Crippen LogP contribution in [0.4, 0.5) is 5.95 Å². The maximum Gasteiger partial charge on any atom is 0.245 e. The number of H-pyrrole nitrogens is 1. The maximum absolute atomic E-state index is 6.03. The molecule has 3 rings (SSSR count). The van der Waals surface area contributed by atoms with E-state index in [1.165, 1.54) is 0 Å². The number of hydrogen-bond donors (Lipinski definition) is 2. The first-order valence-corrected chi connectivity index (χ1v) is 7.69. The van der Waals surface area contributed by atoms with Crippen LogP contribution in [0.25, 0.3) is 11.4 Å². The number of anilines is 1. The number of nitrogens with one attached hydrogen (secondary N) is 1. The lowest BCUT2D eigenvalue weighted by Crippen LogP contribution is -2.43. The Balaban J connectivity index is 1.88. The zero-order valence-electron chi connectivity index (χ0n) is 10.8. The smallest absolute Gasteiger partial charge is 0.245 e. The minimum Gasteiger partial charge on any atom is -0.338 e. The Morgan fingerprint density at radius 1 is 1.45 bits per heavy atom. The summed E-state index contributed by atoms with van der Waals surface area (Å²) in [5.74, 6) is 1.40. The lowest BCUT2D eigenvalue weighted by molar-refractivity contribution is 0.500. The van der Waals surface area contributed by atoms with Crippen LogP contribution >= 0.6 is 27.5 Å². The van der Waals surface area contributed by atoms with Crippen LogP contribution in [0.5, 0.6) is 0 Å². The molecule has 1 aromatic heterocycles. The predicted molar refractivity (Wildman–Crippen MR) is 84.0 cm³/mol. The molecular weight excluding hydrogens is 342 g/mol. The molecule has 1 aromatic carbocycles. The van der Waals surface area contributed by atoms with Gasteiger partial charge >= 0.3 is 0 Å². The van der Waals surface area contributed by atoms with E-state index < -0.39 is 0 Å². The van der Waals surface area contributed by atoms with Gasteiger partial charge in [-0.05, 0) is 31.0 Å². The molecule has 1 aliphatic rings. The van der Waals surface area contributed by atoms with E-state index in [-0.39, 0.29) is 6.04 Å². The number of aromatic amines is 1. The summed E-state index contributed by atoms with van der Waals surface area (Å²) in [7, 11) is 0. The molecule has 106 valence electrons. The summed E-state index contributed by atoms with van der Waals surface area (Å²) in [5.41, 5.74) is 6.89. The minimum atomic E-state index is 0.198.